The summed E-state index contributed by atoms with van der Waals surface area (Å²) < 4.78 is 1.67. The Labute approximate surface area is 199 Å². The number of aryl methyl sites for hydroxylation is 1. The monoisotopic (exact) mass is 452 g/mol. The van der Waals surface area contributed by atoms with Crippen molar-refractivity contribution in [1.29, 1.82) is 0 Å². The molecule has 0 spiro atoms. The van der Waals surface area contributed by atoms with Crippen LogP contribution in [0.25, 0.3) is 10.9 Å². The van der Waals surface area contributed by atoms with Crippen LogP contribution in [0.1, 0.15) is 53.7 Å². The van der Waals surface area contributed by atoms with Gasteiger partial charge in [0.15, 0.2) is 5.78 Å². The zero-order valence-electron chi connectivity index (χ0n) is 19.7. The van der Waals surface area contributed by atoms with E-state index in [1.807, 2.05) is 49.4 Å². The third-order valence-corrected chi connectivity index (χ3v) is 6.03. The van der Waals surface area contributed by atoms with Gasteiger partial charge in [-0.1, -0.05) is 69.3 Å². The Morgan fingerprint density at radius 1 is 0.912 bits per heavy atom. The first-order valence-electron chi connectivity index (χ1n) is 11.5. The number of hydrogen-bond donors (Lipinski definition) is 1. The van der Waals surface area contributed by atoms with Gasteiger partial charge < -0.3 is 9.88 Å². The fourth-order valence-corrected chi connectivity index (χ4v) is 3.99. The number of anilines is 1. The van der Waals surface area contributed by atoms with Crippen LogP contribution in [0.2, 0.25) is 0 Å². The second kappa shape index (κ2) is 9.87. The number of pyridine rings is 1. The Hall–Kier alpha value is -3.99. The molecule has 0 bridgehead atoms. The predicted octanol–water partition coefficient (Wildman–Crippen LogP) is 5.56. The average molecular weight is 453 g/mol. The van der Waals surface area contributed by atoms with Crippen LogP contribution in [0.5, 0.6) is 0 Å². The summed E-state index contributed by atoms with van der Waals surface area (Å²) in [5.74, 6) is -0.181. The number of carbonyl (C=O) groups is 2. The first kappa shape index (κ1) is 23.2. The van der Waals surface area contributed by atoms with Gasteiger partial charge in [0.2, 0.25) is 11.3 Å². The van der Waals surface area contributed by atoms with Crippen LogP contribution in [0.3, 0.4) is 0 Å². The van der Waals surface area contributed by atoms with Gasteiger partial charge in [-0.15, -0.1) is 0 Å². The van der Waals surface area contributed by atoms with Crippen LogP contribution >= 0.6 is 0 Å². The van der Waals surface area contributed by atoms with Gasteiger partial charge >= 0.3 is 0 Å². The molecule has 0 saturated heterocycles. The van der Waals surface area contributed by atoms with Crippen LogP contribution in [0.15, 0.2) is 83.8 Å². The lowest BCUT2D eigenvalue weighted by Crippen LogP contribution is -2.24. The lowest BCUT2D eigenvalue weighted by molar-refractivity contribution is -0.116. The summed E-state index contributed by atoms with van der Waals surface area (Å²) in [6, 6.07) is 22.1. The van der Waals surface area contributed by atoms with Gasteiger partial charge in [0.05, 0.1) is 11.1 Å². The van der Waals surface area contributed by atoms with Gasteiger partial charge in [0, 0.05) is 22.8 Å². The van der Waals surface area contributed by atoms with E-state index in [4.69, 9.17) is 0 Å². The lowest BCUT2D eigenvalue weighted by atomic mass is 10.0. The zero-order valence-corrected chi connectivity index (χ0v) is 19.7. The number of benzene rings is 3. The lowest BCUT2D eigenvalue weighted by Gasteiger charge is -2.14. The normalized spacial score (nSPS) is 11.1. The van der Waals surface area contributed by atoms with Crippen LogP contribution in [0, 0.1) is 0 Å². The number of fused-ring (bicyclic) bond motifs is 1. The molecule has 0 saturated carbocycles. The molecule has 5 heteroatoms. The minimum absolute atomic E-state index is 0.0260. The molecule has 0 atom stereocenters. The largest absolute Gasteiger partial charge is 0.337 e. The highest BCUT2D eigenvalue weighted by molar-refractivity contribution is 6.10. The molecule has 0 aliphatic rings. The Balaban J connectivity index is 1.66. The second-order valence-corrected chi connectivity index (χ2v) is 8.72. The van der Waals surface area contributed by atoms with Crippen molar-refractivity contribution in [2.45, 2.75) is 39.7 Å². The van der Waals surface area contributed by atoms with Gasteiger partial charge in [-0.3, -0.25) is 14.4 Å². The van der Waals surface area contributed by atoms with Crippen molar-refractivity contribution in [2.75, 3.05) is 5.32 Å². The molecule has 4 aromatic rings. The molecule has 34 heavy (non-hydrogen) atoms. The van der Waals surface area contributed by atoms with Crippen molar-refractivity contribution in [2.24, 2.45) is 0 Å². The number of rotatable bonds is 7. The van der Waals surface area contributed by atoms with Crippen molar-refractivity contribution in [3.8, 4) is 0 Å². The van der Waals surface area contributed by atoms with Gasteiger partial charge in [-0.2, -0.15) is 0 Å². The average Bonchev–Trinajstić information content (AvgIpc) is 2.85. The topological polar surface area (TPSA) is 68.2 Å². The number of carbonyl (C=O) groups excluding carboxylic acids is 2. The number of nitrogens with zero attached hydrogens (tertiary/aromatic N) is 1. The van der Waals surface area contributed by atoms with Crippen LogP contribution in [-0.4, -0.2) is 16.3 Å². The first-order chi connectivity index (χ1) is 16.4. The van der Waals surface area contributed by atoms with E-state index in [1.54, 1.807) is 34.9 Å². The van der Waals surface area contributed by atoms with E-state index >= 15 is 0 Å². The Morgan fingerprint density at radius 3 is 2.24 bits per heavy atom. The van der Waals surface area contributed by atoms with Gasteiger partial charge in [-0.05, 0) is 47.7 Å². The molecule has 3 aromatic carbocycles. The highest BCUT2D eigenvalue weighted by Gasteiger charge is 2.18. The third-order valence-electron chi connectivity index (χ3n) is 6.03. The quantitative estimate of drug-likeness (QED) is 0.374. The number of amides is 1. The van der Waals surface area contributed by atoms with Crippen molar-refractivity contribution < 1.29 is 9.59 Å². The minimum Gasteiger partial charge on any atom is -0.337 e. The molecule has 0 aliphatic heterocycles. The molecule has 0 unspecified atom stereocenters. The molecule has 5 nitrogen and oxygen atoms in total. The Morgan fingerprint density at radius 2 is 1.59 bits per heavy atom. The molecule has 1 amide bonds. The smallest absolute Gasteiger partial charge is 0.244 e. The molecule has 1 N–H and O–H groups in total. The predicted molar refractivity (Wildman–Crippen MR) is 137 cm³/mol. The molecule has 0 radical (unpaired) electrons. The van der Waals surface area contributed by atoms with Crippen LogP contribution < -0.4 is 10.7 Å². The fraction of sp³-hybridized carbons (Fsp3) is 0.207. The summed E-state index contributed by atoms with van der Waals surface area (Å²) >= 11 is 0. The van der Waals surface area contributed by atoms with Crippen LogP contribution in [0.4, 0.5) is 5.69 Å². The molecular formula is C29H28N2O3. The van der Waals surface area contributed by atoms with Gasteiger partial charge in [0.25, 0.3) is 0 Å². The van der Waals surface area contributed by atoms with E-state index < -0.39 is 0 Å². The van der Waals surface area contributed by atoms with Crippen LogP contribution in [-0.2, 0) is 17.8 Å². The van der Waals surface area contributed by atoms with E-state index in [0.717, 1.165) is 12.0 Å². The summed E-state index contributed by atoms with van der Waals surface area (Å²) in [5, 5.41) is 3.32. The zero-order chi connectivity index (χ0) is 24.2. The van der Waals surface area contributed by atoms with Crippen molar-refractivity contribution in [3.63, 3.8) is 0 Å². The Bertz CT molecular complexity index is 1400. The van der Waals surface area contributed by atoms with E-state index in [-0.39, 0.29) is 29.2 Å². The maximum atomic E-state index is 13.2. The van der Waals surface area contributed by atoms with Crippen molar-refractivity contribution in [1.82, 2.24) is 4.57 Å². The molecule has 0 fully saturated rings. The fourth-order valence-electron chi connectivity index (χ4n) is 3.99. The summed E-state index contributed by atoms with van der Waals surface area (Å²) in [4.78, 5) is 39.2. The summed E-state index contributed by atoms with van der Waals surface area (Å²) in [7, 11) is 0. The van der Waals surface area contributed by atoms with Crippen molar-refractivity contribution in [3.05, 3.63) is 111 Å². The number of hydrogen-bond acceptors (Lipinski definition) is 3. The van der Waals surface area contributed by atoms with E-state index in [2.05, 4.69) is 19.2 Å². The SMILES string of the molecule is CCc1ccc(C(=O)c2cn(CC(=O)Nc3ccc(C(C)C)cc3)c3ccccc3c2=O)cc1. The second-order valence-electron chi connectivity index (χ2n) is 8.72. The first-order valence-corrected chi connectivity index (χ1v) is 11.5. The molecule has 0 aliphatic carbocycles. The summed E-state index contributed by atoms with van der Waals surface area (Å²) in [5.41, 5.74) is 3.79. The van der Waals surface area contributed by atoms with E-state index in [0.29, 0.717) is 28.1 Å². The summed E-state index contributed by atoms with van der Waals surface area (Å²) in [6.45, 7) is 6.25. The number of ketones is 1. The number of aromatic nitrogens is 1. The summed E-state index contributed by atoms with van der Waals surface area (Å²) in [6.07, 6.45) is 2.37. The highest BCUT2D eigenvalue weighted by Crippen LogP contribution is 2.18. The van der Waals surface area contributed by atoms with Gasteiger partial charge in [0.1, 0.15) is 6.54 Å². The molecule has 172 valence electrons. The van der Waals surface area contributed by atoms with Gasteiger partial charge in [-0.25, -0.2) is 0 Å². The standard InChI is InChI=1S/C29H28N2O3/c1-4-20-9-11-22(12-10-20)28(33)25-17-31(26-8-6-5-7-24(26)29(25)34)18-27(32)30-23-15-13-21(14-16-23)19(2)3/h5-17,19H,4,18H2,1-3H3,(H,30,32). The van der Waals surface area contributed by atoms with E-state index in [1.165, 1.54) is 11.8 Å². The Kier molecular flexibility index (Phi) is 6.73. The maximum Gasteiger partial charge on any atom is 0.244 e. The molecule has 4 rings (SSSR count). The molecule has 1 aromatic heterocycles. The molecular weight excluding hydrogens is 424 g/mol. The highest BCUT2D eigenvalue weighted by atomic mass is 16.2. The maximum absolute atomic E-state index is 13.2. The number of nitrogens with one attached hydrogen (secondary N) is 1. The third kappa shape index (κ3) is 4.84. The number of para-hydroxylation sites is 1. The molecule has 1 heterocycles. The van der Waals surface area contributed by atoms with E-state index in [9.17, 15) is 14.4 Å². The van der Waals surface area contributed by atoms with Crippen molar-refractivity contribution >= 4 is 28.3 Å². The minimum atomic E-state index is -0.350.